The van der Waals surface area contributed by atoms with Crippen LogP contribution in [0.4, 0.5) is 0 Å². The Morgan fingerprint density at radius 2 is 1.90 bits per heavy atom. The maximum absolute atomic E-state index is 12.7. The van der Waals surface area contributed by atoms with Crippen LogP contribution in [-0.2, 0) is 9.59 Å². The predicted molar refractivity (Wildman–Crippen MR) is 85.0 cm³/mol. The first-order valence-corrected chi connectivity index (χ1v) is 8.38. The number of thiophene rings is 1. The largest absolute Gasteiger partial charge is 0.343 e. The maximum atomic E-state index is 12.7. The average molecular weight is 308 g/mol. The summed E-state index contributed by atoms with van der Waals surface area (Å²) < 4.78 is 0. The average Bonchev–Trinajstić information content (AvgIpc) is 2.88. The van der Waals surface area contributed by atoms with Crippen molar-refractivity contribution in [2.24, 2.45) is 11.8 Å². The predicted octanol–water partition coefficient (Wildman–Crippen LogP) is 2.82. The molecule has 0 radical (unpaired) electrons. The van der Waals surface area contributed by atoms with Crippen molar-refractivity contribution in [3.8, 4) is 0 Å². The van der Waals surface area contributed by atoms with Gasteiger partial charge >= 0.3 is 0 Å². The van der Waals surface area contributed by atoms with Crippen LogP contribution in [0.15, 0.2) is 17.5 Å². The normalized spacial score (nSPS) is 24.6. The molecule has 0 bridgehead atoms. The molecule has 1 aromatic heterocycles. The van der Waals surface area contributed by atoms with E-state index in [-0.39, 0.29) is 29.7 Å². The van der Waals surface area contributed by atoms with E-state index in [1.165, 1.54) is 0 Å². The van der Waals surface area contributed by atoms with Crippen molar-refractivity contribution in [1.82, 2.24) is 10.2 Å². The maximum Gasteiger partial charge on any atom is 0.246 e. The fourth-order valence-electron chi connectivity index (χ4n) is 3.03. The molecule has 1 saturated heterocycles. The molecule has 2 rings (SSSR count). The van der Waals surface area contributed by atoms with Gasteiger partial charge in [0, 0.05) is 4.88 Å². The number of nitrogens with zero attached hydrogens (tertiary/aromatic N) is 1. The molecule has 1 aliphatic rings. The standard InChI is InChI=1S/C16H24N2O2S/c1-9(2)13(12-7-6-8-21-12)18-14(10(3)4)15(19)17-11(5)16(18)20/h6-11,13-14H,1-5H3,(H,17,19). The summed E-state index contributed by atoms with van der Waals surface area (Å²) in [5.41, 5.74) is 0. The number of hydrogen-bond donors (Lipinski definition) is 1. The zero-order valence-electron chi connectivity index (χ0n) is 13.3. The van der Waals surface area contributed by atoms with Gasteiger partial charge in [-0.3, -0.25) is 9.59 Å². The van der Waals surface area contributed by atoms with Crippen LogP contribution in [0.5, 0.6) is 0 Å². The van der Waals surface area contributed by atoms with Gasteiger partial charge in [-0.15, -0.1) is 11.3 Å². The lowest BCUT2D eigenvalue weighted by atomic mass is 9.91. The molecule has 0 aliphatic carbocycles. The molecule has 0 aromatic carbocycles. The van der Waals surface area contributed by atoms with E-state index in [2.05, 4.69) is 25.2 Å². The minimum absolute atomic E-state index is 0.0143. The number of carbonyl (C=O) groups excluding carboxylic acids is 2. The van der Waals surface area contributed by atoms with Gasteiger partial charge in [-0.25, -0.2) is 0 Å². The van der Waals surface area contributed by atoms with Crippen LogP contribution < -0.4 is 5.32 Å². The van der Waals surface area contributed by atoms with E-state index in [1.807, 2.05) is 30.2 Å². The van der Waals surface area contributed by atoms with E-state index < -0.39 is 12.1 Å². The smallest absolute Gasteiger partial charge is 0.246 e. The summed E-state index contributed by atoms with van der Waals surface area (Å²) in [7, 11) is 0. The van der Waals surface area contributed by atoms with Crippen molar-refractivity contribution in [1.29, 1.82) is 0 Å². The van der Waals surface area contributed by atoms with E-state index >= 15 is 0 Å². The quantitative estimate of drug-likeness (QED) is 0.930. The van der Waals surface area contributed by atoms with Gasteiger partial charge in [0.15, 0.2) is 0 Å². The Kier molecular flexibility index (Phi) is 4.71. The highest BCUT2D eigenvalue weighted by Crippen LogP contribution is 2.36. The van der Waals surface area contributed by atoms with Gasteiger partial charge in [0.1, 0.15) is 12.1 Å². The molecule has 21 heavy (non-hydrogen) atoms. The number of carbonyl (C=O) groups is 2. The van der Waals surface area contributed by atoms with Crippen LogP contribution in [0.3, 0.4) is 0 Å². The van der Waals surface area contributed by atoms with Crippen LogP contribution in [0.25, 0.3) is 0 Å². The first-order chi connectivity index (χ1) is 9.84. The van der Waals surface area contributed by atoms with Gasteiger partial charge in [0.05, 0.1) is 6.04 Å². The van der Waals surface area contributed by atoms with E-state index in [0.717, 1.165) is 4.88 Å². The highest BCUT2D eigenvalue weighted by molar-refractivity contribution is 7.10. The Hall–Kier alpha value is -1.36. The number of amides is 2. The molecule has 116 valence electrons. The van der Waals surface area contributed by atoms with Crippen LogP contribution in [0, 0.1) is 11.8 Å². The highest BCUT2D eigenvalue weighted by atomic mass is 32.1. The van der Waals surface area contributed by atoms with Crippen molar-refractivity contribution in [3.63, 3.8) is 0 Å². The van der Waals surface area contributed by atoms with Crippen molar-refractivity contribution >= 4 is 23.2 Å². The summed E-state index contributed by atoms with van der Waals surface area (Å²) in [5, 5.41) is 4.82. The third kappa shape index (κ3) is 2.98. The lowest BCUT2D eigenvalue weighted by Gasteiger charge is -2.45. The molecule has 4 nitrogen and oxygen atoms in total. The third-order valence-corrected chi connectivity index (χ3v) is 4.89. The zero-order valence-corrected chi connectivity index (χ0v) is 14.1. The number of nitrogens with one attached hydrogen (secondary N) is 1. The van der Waals surface area contributed by atoms with E-state index in [1.54, 1.807) is 18.3 Å². The summed E-state index contributed by atoms with van der Waals surface area (Å²) in [6.45, 7) is 9.95. The van der Waals surface area contributed by atoms with E-state index in [0.29, 0.717) is 0 Å². The van der Waals surface area contributed by atoms with Crippen LogP contribution in [0.1, 0.15) is 45.5 Å². The minimum Gasteiger partial charge on any atom is -0.343 e. The number of hydrogen-bond acceptors (Lipinski definition) is 3. The molecule has 1 fully saturated rings. The topological polar surface area (TPSA) is 49.4 Å². The summed E-state index contributed by atoms with van der Waals surface area (Å²) in [6, 6.07) is 3.16. The van der Waals surface area contributed by atoms with Gasteiger partial charge in [-0.2, -0.15) is 0 Å². The monoisotopic (exact) mass is 308 g/mol. The van der Waals surface area contributed by atoms with Crippen LogP contribution >= 0.6 is 11.3 Å². The molecular weight excluding hydrogens is 284 g/mol. The lowest BCUT2D eigenvalue weighted by Crippen LogP contribution is -2.65. The molecule has 3 unspecified atom stereocenters. The molecule has 5 heteroatoms. The van der Waals surface area contributed by atoms with Crippen LogP contribution in [-0.4, -0.2) is 28.8 Å². The fourth-order valence-corrected chi connectivity index (χ4v) is 4.02. The molecule has 0 saturated carbocycles. The van der Waals surface area contributed by atoms with Crippen molar-refractivity contribution in [2.45, 2.75) is 52.7 Å². The second-order valence-corrected chi connectivity index (χ2v) is 7.35. The summed E-state index contributed by atoms with van der Waals surface area (Å²) >= 11 is 1.65. The Labute approximate surface area is 130 Å². The lowest BCUT2D eigenvalue weighted by molar-refractivity contribution is -0.155. The molecule has 1 N–H and O–H groups in total. The van der Waals surface area contributed by atoms with Gasteiger partial charge < -0.3 is 10.2 Å². The molecule has 1 aromatic rings. The Morgan fingerprint density at radius 1 is 1.24 bits per heavy atom. The van der Waals surface area contributed by atoms with E-state index in [9.17, 15) is 9.59 Å². The van der Waals surface area contributed by atoms with Crippen molar-refractivity contribution in [2.75, 3.05) is 0 Å². The Morgan fingerprint density at radius 3 is 2.38 bits per heavy atom. The van der Waals surface area contributed by atoms with Crippen molar-refractivity contribution in [3.05, 3.63) is 22.4 Å². The first-order valence-electron chi connectivity index (χ1n) is 7.50. The van der Waals surface area contributed by atoms with Gasteiger partial charge in [-0.1, -0.05) is 33.8 Å². The SMILES string of the molecule is CC1NC(=O)C(C(C)C)N(C(c2cccs2)C(C)C)C1=O. The summed E-state index contributed by atoms with van der Waals surface area (Å²) in [4.78, 5) is 28.1. The second-order valence-electron chi connectivity index (χ2n) is 6.37. The fraction of sp³-hybridized carbons (Fsp3) is 0.625. The molecule has 0 spiro atoms. The molecule has 2 heterocycles. The highest BCUT2D eigenvalue weighted by Gasteiger charge is 2.44. The van der Waals surface area contributed by atoms with E-state index in [4.69, 9.17) is 0 Å². The van der Waals surface area contributed by atoms with Crippen LogP contribution in [0.2, 0.25) is 0 Å². The molecule has 3 atom stereocenters. The Balaban J connectivity index is 2.47. The minimum atomic E-state index is -0.450. The van der Waals surface area contributed by atoms with Crippen molar-refractivity contribution < 1.29 is 9.59 Å². The number of piperazine rings is 1. The number of rotatable bonds is 4. The molecular formula is C16H24N2O2S. The first kappa shape index (κ1) is 16.0. The second kappa shape index (κ2) is 6.18. The summed E-state index contributed by atoms with van der Waals surface area (Å²) in [6.07, 6.45) is 0. The summed E-state index contributed by atoms with van der Waals surface area (Å²) in [5.74, 6) is 0.314. The zero-order chi connectivity index (χ0) is 15.7. The van der Waals surface area contributed by atoms with Gasteiger partial charge in [0.25, 0.3) is 0 Å². The van der Waals surface area contributed by atoms with Gasteiger partial charge in [0.2, 0.25) is 11.8 Å². The molecule has 2 amide bonds. The molecule has 1 aliphatic heterocycles. The third-order valence-electron chi connectivity index (χ3n) is 3.95. The Bertz CT molecular complexity index is 510. The van der Waals surface area contributed by atoms with Gasteiger partial charge in [-0.05, 0) is 30.2 Å².